The highest BCUT2D eigenvalue weighted by atomic mass is 16.6. The third-order valence-electron chi connectivity index (χ3n) is 6.31. The number of amides is 1. The summed E-state index contributed by atoms with van der Waals surface area (Å²) < 4.78 is 5.28. The van der Waals surface area contributed by atoms with E-state index in [9.17, 15) is 25.2 Å². The molecule has 1 heterocycles. The molecule has 2 rings (SSSR count). The Morgan fingerprint density at radius 3 is 2.45 bits per heavy atom. The van der Waals surface area contributed by atoms with Crippen molar-refractivity contribution in [3.63, 3.8) is 0 Å². The largest absolute Gasteiger partial charge is 0.394 e. The van der Waals surface area contributed by atoms with E-state index < -0.39 is 43.2 Å². The minimum atomic E-state index is -1.54. The van der Waals surface area contributed by atoms with Gasteiger partial charge < -0.3 is 30.5 Å². The first-order valence-electron chi connectivity index (χ1n) is 11.5. The average Bonchev–Trinajstić information content (AvgIpc) is 2.73. The summed E-state index contributed by atoms with van der Waals surface area (Å²) in [6, 6.07) is 0. The van der Waals surface area contributed by atoms with Crippen molar-refractivity contribution in [1.82, 2.24) is 5.32 Å². The summed E-state index contributed by atoms with van der Waals surface area (Å²) >= 11 is 0. The Labute approximate surface area is 196 Å². The van der Waals surface area contributed by atoms with Gasteiger partial charge in [0.15, 0.2) is 6.23 Å². The zero-order chi connectivity index (χ0) is 24.8. The van der Waals surface area contributed by atoms with E-state index in [0.29, 0.717) is 5.57 Å². The fraction of sp³-hybridized carbons (Fsp3) is 0.577. The van der Waals surface area contributed by atoms with E-state index in [-0.39, 0.29) is 5.41 Å². The molecule has 5 atom stereocenters. The molecule has 0 unspecified atom stereocenters. The summed E-state index contributed by atoms with van der Waals surface area (Å²) in [7, 11) is 0. The van der Waals surface area contributed by atoms with Gasteiger partial charge in [-0.3, -0.25) is 4.79 Å². The molecule has 0 aromatic carbocycles. The first-order valence-corrected chi connectivity index (χ1v) is 11.5. The van der Waals surface area contributed by atoms with Crippen LogP contribution in [0.25, 0.3) is 0 Å². The molecule has 0 saturated carbocycles. The Morgan fingerprint density at radius 1 is 1.12 bits per heavy atom. The molecule has 0 bridgehead atoms. The van der Waals surface area contributed by atoms with Gasteiger partial charge >= 0.3 is 0 Å². The van der Waals surface area contributed by atoms with Crippen molar-refractivity contribution in [1.29, 1.82) is 0 Å². The second-order valence-corrected chi connectivity index (χ2v) is 9.68. The highest BCUT2D eigenvalue weighted by Crippen LogP contribution is 2.40. The number of carbonyl (C=O) groups is 1. The van der Waals surface area contributed by atoms with E-state index in [2.05, 4.69) is 38.2 Å². The normalized spacial score (nSPS) is 31.5. The van der Waals surface area contributed by atoms with Crippen molar-refractivity contribution in [3.05, 3.63) is 58.7 Å². The van der Waals surface area contributed by atoms with Crippen molar-refractivity contribution in [2.45, 2.75) is 84.5 Å². The van der Waals surface area contributed by atoms with Crippen molar-refractivity contribution < 1.29 is 30.0 Å². The molecule has 1 saturated heterocycles. The molecule has 7 nitrogen and oxygen atoms in total. The van der Waals surface area contributed by atoms with E-state index >= 15 is 0 Å². The topological polar surface area (TPSA) is 119 Å². The fourth-order valence-electron chi connectivity index (χ4n) is 4.29. The number of ether oxygens (including phenoxy) is 1. The minimum absolute atomic E-state index is 0.197. The Morgan fingerprint density at radius 2 is 1.82 bits per heavy atom. The number of aliphatic hydroxyl groups is 4. The summed E-state index contributed by atoms with van der Waals surface area (Å²) in [5.74, 6) is -0.524. The van der Waals surface area contributed by atoms with Crippen LogP contribution >= 0.6 is 0 Å². The quantitative estimate of drug-likeness (QED) is 0.293. The first kappa shape index (κ1) is 27.2. The van der Waals surface area contributed by atoms with Crippen molar-refractivity contribution in [2.75, 3.05) is 6.61 Å². The Balaban J connectivity index is 1.96. The van der Waals surface area contributed by atoms with Crippen LogP contribution in [-0.2, 0) is 9.53 Å². The maximum absolute atomic E-state index is 12.3. The van der Waals surface area contributed by atoms with Crippen LogP contribution in [0.5, 0.6) is 0 Å². The van der Waals surface area contributed by atoms with Gasteiger partial charge in [0.25, 0.3) is 0 Å². The van der Waals surface area contributed by atoms with Crippen LogP contribution < -0.4 is 5.32 Å². The van der Waals surface area contributed by atoms with Gasteiger partial charge in [-0.1, -0.05) is 55.4 Å². The Hall–Kier alpha value is -2.03. The zero-order valence-electron chi connectivity index (χ0n) is 20.3. The lowest BCUT2D eigenvalue weighted by Gasteiger charge is -2.39. The van der Waals surface area contributed by atoms with Crippen LogP contribution in [-0.4, -0.2) is 63.6 Å². The molecule has 1 fully saturated rings. The molecule has 1 aliphatic heterocycles. The SMILES string of the molecule is CC(C=CC1=C(C)CCCC1(C)C)=CC=CC(C)=CC(=O)N[C@@H]1O[C@H](CO)[C@@H](O)[C@H](O)[C@H]1O. The molecular formula is C26H39NO6. The second-order valence-electron chi connectivity index (χ2n) is 9.68. The van der Waals surface area contributed by atoms with Gasteiger partial charge in [-0.2, -0.15) is 0 Å². The number of allylic oxidation sites excluding steroid dienone is 9. The molecule has 2 aliphatic rings. The molecule has 1 amide bonds. The summed E-state index contributed by atoms with van der Waals surface area (Å²) in [6.07, 6.45) is 8.05. The van der Waals surface area contributed by atoms with Gasteiger partial charge in [-0.15, -0.1) is 0 Å². The van der Waals surface area contributed by atoms with E-state index in [4.69, 9.17) is 4.74 Å². The zero-order valence-corrected chi connectivity index (χ0v) is 20.3. The predicted octanol–water partition coefficient (Wildman–Crippen LogP) is 2.43. The van der Waals surface area contributed by atoms with Crippen LogP contribution in [0.2, 0.25) is 0 Å². The first-order chi connectivity index (χ1) is 15.5. The smallest absolute Gasteiger partial charge is 0.246 e. The molecule has 184 valence electrons. The number of hydrogen-bond donors (Lipinski definition) is 5. The van der Waals surface area contributed by atoms with E-state index in [1.807, 2.05) is 19.1 Å². The highest BCUT2D eigenvalue weighted by molar-refractivity contribution is 5.88. The van der Waals surface area contributed by atoms with Gasteiger partial charge in [0.2, 0.25) is 5.91 Å². The van der Waals surface area contributed by atoms with Crippen molar-refractivity contribution in [3.8, 4) is 0 Å². The molecule has 0 aromatic heterocycles. The van der Waals surface area contributed by atoms with E-state index in [0.717, 1.165) is 12.0 Å². The third-order valence-corrected chi connectivity index (χ3v) is 6.31. The molecule has 33 heavy (non-hydrogen) atoms. The van der Waals surface area contributed by atoms with Crippen LogP contribution in [0.4, 0.5) is 0 Å². The number of aliphatic hydroxyl groups excluding tert-OH is 4. The van der Waals surface area contributed by atoms with Gasteiger partial charge in [0, 0.05) is 6.08 Å². The number of nitrogens with one attached hydrogen (secondary N) is 1. The maximum Gasteiger partial charge on any atom is 0.246 e. The van der Waals surface area contributed by atoms with Crippen molar-refractivity contribution in [2.24, 2.45) is 5.41 Å². The van der Waals surface area contributed by atoms with Crippen LogP contribution in [0, 0.1) is 5.41 Å². The van der Waals surface area contributed by atoms with Gasteiger partial charge in [0.1, 0.15) is 24.4 Å². The molecule has 5 N–H and O–H groups in total. The standard InChI is InChI=1S/C26H39NO6/c1-16(11-12-19-18(3)10-7-13-26(19,4)5)8-6-9-17(2)14-21(29)27-25-24(32)23(31)22(30)20(15-28)33-25/h6,8-9,11-12,14,20,22-25,28,30-32H,7,10,13,15H2,1-5H3,(H,27,29)/t20-,22-,23+,24-,25-/m1/s1. The lowest BCUT2D eigenvalue weighted by Crippen LogP contribution is -2.63. The van der Waals surface area contributed by atoms with Crippen LogP contribution in [0.1, 0.15) is 53.9 Å². The van der Waals surface area contributed by atoms with Gasteiger partial charge in [0.05, 0.1) is 6.61 Å². The molecule has 1 aliphatic carbocycles. The fourth-order valence-corrected chi connectivity index (χ4v) is 4.29. The Bertz CT molecular complexity index is 849. The summed E-state index contributed by atoms with van der Waals surface area (Å²) in [5.41, 5.74) is 4.83. The molecule has 0 radical (unpaired) electrons. The second kappa shape index (κ2) is 11.9. The lowest BCUT2D eigenvalue weighted by molar-refractivity contribution is -0.235. The summed E-state index contributed by atoms with van der Waals surface area (Å²) in [4.78, 5) is 12.3. The molecular weight excluding hydrogens is 422 g/mol. The molecule has 0 spiro atoms. The third kappa shape index (κ3) is 7.48. The summed E-state index contributed by atoms with van der Waals surface area (Å²) in [5, 5.41) is 41.3. The monoisotopic (exact) mass is 461 g/mol. The number of carbonyl (C=O) groups excluding carboxylic acids is 1. The Kier molecular flexibility index (Phi) is 9.82. The maximum atomic E-state index is 12.3. The molecule has 0 aromatic rings. The molecule has 7 heteroatoms. The van der Waals surface area contributed by atoms with E-state index in [1.165, 1.54) is 30.1 Å². The van der Waals surface area contributed by atoms with Crippen molar-refractivity contribution >= 4 is 5.91 Å². The number of hydrogen-bond acceptors (Lipinski definition) is 6. The van der Waals surface area contributed by atoms with Gasteiger partial charge in [-0.05, 0) is 56.6 Å². The number of rotatable bonds is 7. The van der Waals surface area contributed by atoms with Gasteiger partial charge in [-0.25, -0.2) is 0 Å². The summed E-state index contributed by atoms with van der Waals surface area (Å²) in [6.45, 7) is 10.0. The predicted molar refractivity (Wildman–Crippen MR) is 128 cm³/mol. The van der Waals surface area contributed by atoms with E-state index in [1.54, 1.807) is 13.0 Å². The average molecular weight is 462 g/mol. The van der Waals surface area contributed by atoms with Crippen LogP contribution in [0.15, 0.2) is 58.7 Å². The highest BCUT2D eigenvalue weighted by Gasteiger charge is 2.43. The lowest BCUT2D eigenvalue weighted by atomic mass is 9.72. The minimum Gasteiger partial charge on any atom is -0.394 e. The van der Waals surface area contributed by atoms with Crippen LogP contribution in [0.3, 0.4) is 0 Å².